The highest BCUT2D eigenvalue weighted by molar-refractivity contribution is 6.21. The quantitative estimate of drug-likeness (QED) is 0.844. The van der Waals surface area contributed by atoms with Crippen LogP contribution in [0.15, 0.2) is 18.2 Å². The molecule has 0 saturated heterocycles. The van der Waals surface area contributed by atoms with Crippen molar-refractivity contribution in [2.24, 2.45) is 5.41 Å². The molecule has 1 aromatic rings. The van der Waals surface area contributed by atoms with E-state index in [-0.39, 0.29) is 28.0 Å². The van der Waals surface area contributed by atoms with E-state index in [1.165, 1.54) is 19.2 Å². The molecule has 0 aliphatic carbocycles. The Kier molecular flexibility index (Phi) is 5.81. The number of hydrogen-bond donors (Lipinski definition) is 1. The van der Waals surface area contributed by atoms with Crippen LogP contribution < -0.4 is 10.1 Å². The lowest BCUT2D eigenvalue weighted by atomic mass is 9.90. The average molecular weight is 302 g/mol. The largest absolute Gasteiger partial charge is 0.494 e. The Balaban J connectivity index is 2.57. The average Bonchev–Trinajstić information content (AvgIpc) is 2.33. The zero-order valence-electron chi connectivity index (χ0n) is 12.3. The third-order valence-corrected chi connectivity index (χ3v) is 3.04. The number of halogens is 2. The second-order valence-corrected chi connectivity index (χ2v) is 6.54. The molecule has 3 nitrogen and oxygen atoms in total. The lowest BCUT2D eigenvalue weighted by Crippen LogP contribution is -2.31. The SMILES string of the molecule is COc1ccc(C(=O)NCC(Cl)CC(C)(C)C)cc1F. The summed E-state index contributed by atoms with van der Waals surface area (Å²) in [5, 5.41) is 2.56. The number of alkyl halides is 1. The van der Waals surface area contributed by atoms with Crippen LogP contribution in [-0.4, -0.2) is 24.9 Å². The zero-order valence-corrected chi connectivity index (χ0v) is 13.1. The number of hydrogen-bond acceptors (Lipinski definition) is 2. The van der Waals surface area contributed by atoms with Gasteiger partial charge in [-0.15, -0.1) is 11.6 Å². The molecule has 0 spiro atoms. The van der Waals surface area contributed by atoms with Crippen LogP contribution in [0.2, 0.25) is 0 Å². The predicted octanol–water partition coefficient (Wildman–Crippen LogP) is 3.61. The summed E-state index contributed by atoms with van der Waals surface area (Å²) in [5.41, 5.74) is 0.353. The van der Waals surface area contributed by atoms with Crippen LogP contribution >= 0.6 is 11.6 Å². The van der Waals surface area contributed by atoms with E-state index in [1.807, 2.05) is 0 Å². The number of nitrogens with one attached hydrogen (secondary N) is 1. The van der Waals surface area contributed by atoms with Crippen LogP contribution in [0.5, 0.6) is 5.75 Å². The van der Waals surface area contributed by atoms with Gasteiger partial charge in [0.1, 0.15) is 0 Å². The van der Waals surface area contributed by atoms with Gasteiger partial charge in [-0.3, -0.25) is 4.79 Å². The Labute approximate surface area is 124 Å². The topological polar surface area (TPSA) is 38.3 Å². The van der Waals surface area contributed by atoms with Crippen molar-refractivity contribution in [2.45, 2.75) is 32.6 Å². The Bertz CT molecular complexity index is 471. The second-order valence-electron chi connectivity index (χ2n) is 5.92. The summed E-state index contributed by atoms with van der Waals surface area (Å²) in [5.74, 6) is -0.784. The molecule has 0 aliphatic heterocycles. The molecule has 5 heteroatoms. The van der Waals surface area contributed by atoms with Crippen molar-refractivity contribution in [3.8, 4) is 5.75 Å². The molecule has 1 rings (SSSR count). The third kappa shape index (κ3) is 5.37. The number of methoxy groups -OCH3 is 1. The fraction of sp³-hybridized carbons (Fsp3) is 0.533. The molecule has 0 fully saturated rings. The van der Waals surface area contributed by atoms with E-state index in [9.17, 15) is 9.18 Å². The van der Waals surface area contributed by atoms with Crippen LogP contribution in [0.3, 0.4) is 0 Å². The summed E-state index contributed by atoms with van der Waals surface area (Å²) < 4.78 is 18.3. The Morgan fingerprint density at radius 3 is 2.60 bits per heavy atom. The summed E-state index contributed by atoms with van der Waals surface area (Å²) in [7, 11) is 1.38. The molecule has 0 heterocycles. The number of carbonyl (C=O) groups excluding carboxylic acids is 1. The predicted molar refractivity (Wildman–Crippen MR) is 79.0 cm³/mol. The summed E-state index contributed by atoms with van der Waals surface area (Å²) in [6.07, 6.45) is 0.784. The van der Waals surface area contributed by atoms with Crippen molar-refractivity contribution >= 4 is 17.5 Å². The van der Waals surface area contributed by atoms with Crippen molar-refractivity contribution in [1.82, 2.24) is 5.32 Å². The highest BCUT2D eigenvalue weighted by atomic mass is 35.5. The first-order valence-corrected chi connectivity index (χ1v) is 6.92. The normalized spacial score (nSPS) is 12.9. The van der Waals surface area contributed by atoms with Gasteiger partial charge in [-0.25, -0.2) is 4.39 Å². The van der Waals surface area contributed by atoms with E-state index in [2.05, 4.69) is 26.1 Å². The van der Waals surface area contributed by atoms with Gasteiger partial charge >= 0.3 is 0 Å². The maximum Gasteiger partial charge on any atom is 0.251 e. The number of ether oxygens (including phenoxy) is 1. The first-order chi connectivity index (χ1) is 9.23. The van der Waals surface area contributed by atoms with Gasteiger partial charge in [0.05, 0.1) is 12.5 Å². The monoisotopic (exact) mass is 301 g/mol. The Morgan fingerprint density at radius 2 is 2.10 bits per heavy atom. The van der Waals surface area contributed by atoms with Gasteiger partial charge in [0.25, 0.3) is 5.91 Å². The summed E-state index contributed by atoms with van der Waals surface area (Å²) >= 11 is 6.17. The maximum absolute atomic E-state index is 13.5. The van der Waals surface area contributed by atoms with Gasteiger partial charge in [-0.05, 0) is 30.0 Å². The molecule has 0 radical (unpaired) electrons. The second kappa shape index (κ2) is 6.93. The smallest absolute Gasteiger partial charge is 0.251 e. The van der Waals surface area contributed by atoms with Crippen molar-refractivity contribution < 1.29 is 13.9 Å². The minimum absolute atomic E-state index is 0.101. The lowest BCUT2D eigenvalue weighted by Gasteiger charge is -2.22. The molecule has 0 aromatic heterocycles. The molecule has 1 N–H and O–H groups in total. The minimum Gasteiger partial charge on any atom is -0.494 e. The van der Waals surface area contributed by atoms with Crippen molar-refractivity contribution in [3.63, 3.8) is 0 Å². The van der Waals surface area contributed by atoms with Crippen molar-refractivity contribution in [1.29, 1.82) is 0 Å². The molecular weight excluding hydrogens is 281 g/mol. The Hall–Kier alpha value is -1.29. The standard InChI is InChI=1S/C15H21ClFNO2/c1-15(2,3)8-11(16)9-18-14(19)10-5-6-13(20-4)12(17)7-10/h5-7,11H,8-9H2,1-4H3,(H,18,19). The van der Waals surface area contributed by atoms with Gasteiger partial charge < -0.3 is 10.1 Å². The zero-order chi connectivity index (χ0) is 15.3. The first kappa shape index (κ1) is 16.8. The summed E-state index contributed by atoms with van der Waals surface area (Å²) in [6, 6.07) is 4.10. The Morgan fingerprint density at radius 1 is 1.45 bits per heavy atom. The minimum atomic E-state index is -0.558. The highest BCUT2D eigenvalue weighted by Gasteiger charge is 2.18. The number of benzene rings is 1. The van der Waals surface area contributed by atoms with E-state index in [4.69, 9.17) is 16.3 Å². The molecular formula is C15H21ClFNO2. The fourth-order valence-corrected chi connectivity index (χ4v) is 2.39. The molecule has 1 amide bonds. The number of rotatable bonds is 5. The van der Waals surface area contributed by atoms with Crippen molar-refractivity contribution in [2.75, 3.05) is 13.7 Å². The van der Waals surface area contributed by atoms with Gasteiger partial charge in [-0.1, -0.05) is 20.8 Å². The third-order valence-electron chi connectivity index (χ3n) is 2.73. The van der Waals surface area contributed by atoms with E-state index in [0.717, 1.165) is 12.5 Å². The van der Waals surface area contributed by atoms with Crippen LogP contribution in [-0.2, 0) is 0 Å². The molecule has 0 bridgehead atoms. The van der Waals surface area contributed by atoms with E-state index in [1.54, 1.807) is 0 Å². The van der Waals surface area contributed by atoms with Crippen LogP contribution in [0, 0.1) is 11.2 Å². The highest BCUT2D eigenvalue weighted by Crippen LogP contribution is 2.23. The number of amides is 1. The molecule has 1 unspecified atom stereocenters. The van der Waals surface area contributed by atoms with E-state index < -0.39 is 5.82 Å². The van der Waals surface area contributed by atoms with Gasteiger partial charge in [0, 0.05) is 12.1 Å². The van der Waals surface area contributed by atoms with Gasteiger partial charge in [-0.2, -0.15) is 0 Å². The molecule has 112 valence electrons. The molecule has 1 atom stereocenters. The molecule has 0 aliphatic rings. The van der Waals surface area contributed by atoms with Crippen molar-refractivity contribution in [3.05, 3.63) is 29.6 Å². The first-order valence-electron chi connectivity index (χ1n) is 6.49. The molecule has 0 saturated carbocycles. The fourth-order valence-electron chi connectivity index (χ4n) is 1.85. The van der Waals surface area contributed by atoms with Crippen LogP contribution in [0.4, 0.5) is 4.39 Å². The van der Waals surface area contributed by atoms with E-state index in [0.29, 0.717) is 6.54 Å². The van der Waals surface area contributed by atoms with Gasteiger partial charge in [0.15, 0.2) is 11.6 Å². The summed E-state index contributed by atoms with van der Waals surface area (Å²) in [6.45, 7) is 6.61. The van der Waals surface area contributed by atoms with E-state index >= 15 is 0 Å². The van der Waals surface area contributed by atoms with Gasteiger partial charge in [0.2, 0.25) is 0 Å². The van der Waals surface area contributed by atoms with Crippen LogP contribution in [0.1, 0.15) is 37.6 Å². The summed E-state index contributed by atoms with van der Waals surface area (Å²) in [4.78, 5) is 11.9. The number of carbonyl (C=O) groups is 1. The maximum atomic E-state index is 13.5. The molecule has 20 heavy (non-hydrogen) atoms. The molecule has 1 aromatic carbocycles. The van der Waals surface area contributed by atoms with Crippen LogP contribution in [0.25, 0.3) is 0 Å². The lowest BCUT2D eigenvalue weighted by molar-refractivity contribution is 0.0951.